The summed E-state index contributed by atoms with van der Waals surface area (Å²) in [6, 6.07) is 9.94. The Morgan fingerprint density at radius 1 is 1.26 bits per heavy atom. The zero-order valence-corrected chi connectivity index (χ0v) is 14.9. The van der Waals surface area contributed by atoms with Crippen molar-refractivity contribution in [3.63, 3.8) is 0 Å². The maximum Gasteiger partial charge on any atom is 0.316 e. The Bertz CT molecular complexity index is 631. The number of aromatic nitrogens is 1. The monoisotopic (exact) mass is 333 g/mol. The van der Waals surface area contributed by atoms with Gasteiger partial charge in [0, 0.05) is 12.5 Å². The number of esters is 1. The van der Waals surface area contributed by atoms with Gasteiger partial charge >= 0.3 is 5.97 Å². The second-order valence-electron chi connectivity index (χ2n) is 6.39. The number of ether oxygens (including phenoxy) is 2. The molecule has 0 fully saturated rings. The van der Waals surface area contributed by atoms with Gasteiger partial charge < -0.3 is 9.47 Å². The molecule has 5 heteroatoms. The van der Waals surface area contributed by atoms with Crippen LogP contribution in [0.25, 0.3) is 0 Å². The van der Waals surface area contributed by atoms with Gasteiger partial charge in [0.25, 0.3) is 0 Å². The van der Waals surface area contributed by atoms with Gasteiger partial charge in [-0.2, -0.15) is 0 Å². The molecule has 0 bridgehead atoms. The Kier molecular flexibility index (Phi) is 5.91. The summed E-state index contributed by atoms with van der Waals surface area (Å²) in [5.74, 6) is -0.632. The van der Waals surface area contributed by atoms with Crippen molar-refractivity contribution < 1.29 is 14.3 Å². The minimum atomic E-state index is -0.515. The van der Waals surface area contributed by atoms with E-state index < -0.39 is 11.5 Å². The van der Waals surface area contributed by atoms with Gasteiger partial charge in [0.05, 0.1) is 12.3 Å². The molecule has 0 radical (unpaired) electrons. The lowest BCUT2D eigenvalue weighted by molar-refractivity contribution is -0.156. The topological polar surface area (TPSA) is 48.4 Å². The summed E-state index contributed by atoms with van der Waals surface area (Å²) in [5.41, 5.74) is 1.42. The van der Waals surface area contributed by atoms with Gasteiger partial charge in [-0.1, -0.05) is 30.3 Å². The SMILES string of the molecule is COCc1csc([C@@H](Cc2ccccc2)C(=O)OC(C)(C)C)n1. The van der Waals surface area contributed by atoms with E-state index in [1.165, 1.54) is 11.3 Å². The molecule has 0 N–H and O–H groups in total. The molecule has 2 aromatic rings. The highest BCUT2D eigenvalue weighted by Gasteiger charge is 2.29. The fraction of sp³-hybridized carbons (Fsp3) is 0.444. The van der Waals surface area contributed by atoms with Gasteiger partial charge in [-0.25, -0.2) is 4.98 Å². The fourth-order valence-electron chi connectivity index (χ4n) is 2.19. The Morgan fingerprint density at radius 2 is 1.96 bits per heavy atom. The van der Waals surface area contributed by atoms with E-state index in [0.29, 0.717) is 13.0 Å². The van der Waals surface area contributed by atoms with Crippen molar-refractivity contribution in [3.8, 4) is 0 Å². The molecule has 0 spiro atoms. The second-order valence-corrected chi connectivity index (χ2v) is 7.28. The van der Waals surface area contributed by atoms with Crippen molar-refractivity contribution in [2.24, 2.45) is 0 Å². The van der Waals surface area contributed by atoms with E-state index in [1.54, 1.807) is 7.11 Å². The summed E-state index contributed by atoms with van der Waals surface area (Å²) in [7, 11) is 1.63. The molecule has 0 unspecified atom stereocenters. The molecule has 1 aromatic carbocycles. The zero-order valence-electron chi connectivity index (χ0n) is 14.0. The summed E-state index contributed by atoms with van der Waals surface area (Å²) in [6.45, 7) is 6.08. The molecule has 124 valence electrons. The molecular formula is C18H23NO3S. The standard InChI is InChI=1S/C18H23NO3S/c1-18(2,3)22-17(20)15(10-13-8-6-5-7-9-13)16-19-14(11-21-4)12-23-16/h5-9,12,15H,10-11H2,1-4H3/t15-/m1/s1. The summed E-state index contributed by atoms with van der Waals surface area (Å²) in [4.78, 5) is 17.2. The number of carbonyl (C=O) groups excluding carboxylic acids is 1. The third-order valence-corrected chi connectivity index (χ3v) is 4.14. The van der Waals surface area contributed by atoms with Crippen molar-refractivity contribution in [2.75, 3.05) is 7.11 Å². The number of carbonyl (C=O) groups is 1. The Hall–Kier alpha value is -1.72. The van der Waals surface area contributed by atoms with Crippen LogP contribution in [0.1, 0.15) is 43.0 Å². The van der Waals surface area contributed by atoms with Gasteiger partial charge in [0.15, 0.2) is 0 Å². The lowest BCUT2D eigenvalue weighted by Crippen LogP contribution is -2.28. The van der Waals surface area contributed by atoms with Gasteiger partial charge in [-0.3, -0.25) is 4.79 Å². The second kappa shape index (κ2) is 7.70. The smallest absolute Gasteiger partial charge is 0.316 e. The molecule has 1 aromatic heterocycles. The third-order valence-electron chi connectivity index (χ3n) is 3.13. The lowest BCUT2D eigenvalue weighted by atomic mass is 9.99. The van der Waals surface area contributed by atoms with E-state index in [2.05, 4.69) is 4.98 Å². The number of hydrogen-bond donors (Lipinski definition) is 0. The van der Waals surface area contributed by atoms with Gasteiger partial charge in [-0.15, -0.1) is 11.3 Å². The van der Waals surface area contributed by atoms with E-state index in [4.69, 9.17) is 9.47 Å². The molecule has 2 rings (SSSR count). The van der Waals surface area contributed by atoms with E-state index in [-0.39, 0.29) is 5.97 Å². The molecule has 1 atom stereocenters. The van der Waals surface area contributed by atoms with Crippen molar-refractivity contribution in [1.29, 1.82) is 0 Å². The van der Waals surface area contributed by atoms with Crippen molar-refractivity contribution in [1.82, 2.24) is 4.98 Å². The van der Waals surface area contributed by atoms with E-state index in [0.717, 1.165) is 16.3 Å². The Balaban J connectivity index is 2.24. The van der Waals surface area contributed by atoms with Crippen LogP contribution in [0.2, 0.25) is 0 Å². The highest BCUT2D eigenvalue weighted by Crippen LogP contribution is 2.27. The summed E-state index contributed by atoms with van der Waals surface area (Å²) in [6.07, 6.45) is 0.579. The van der Waals surface area contributed by atoms with Crippen molar-refractivity contribution >= 4 is 17.3 Å². The van der Waals surface area contributed by atoms with Crippen molar-refractivity contribution in [3.05, 3.63) is 52.0 Å². The largest absolute Gasteiger partial charge is 0.459 e. The molecule has 0 saturated carbocycles. The normalized spacial score (nSPS) is 12.9. The summed E-state index contributed by atoms with van der Waals surface area (Å²) >= 11 is 1.48. The molecular weight excluding hydrogens is 310 g/mol. The Labute approximate surface area is 141 Å². The number of benzene rings is 1. The van der Waals surface area contributed by atoms with E-state index >= 15 is 0 Å². The molecule has 1 heterocycles. The van der Waals surface area contributed by atoms with Gasteiger partial charge in [-0.05, 0) is 32.8 Å². The quantitative estimate of drug-likeness (QED) is 0.751. The first-order chi connectivity index (χ1) is 10.9. The third kappa shape index (κ3) is 5.44. The summed E-state index contributed by atoms with van der Waals surface area (Å²) in [5, 5.41) is 2.71. The number of nitrogens with zero attached hydrogens (tertiary/aromatic N) is 1. The first kappa shape index (κ1) is 17.6. The van der Waals surface area contributed by atoms with Crippen LogP contribution in [-0.4, -0.2) is 23.7 Å². The van der Waals surface area contributed by atoms with Crippen LogP contribution in [0.5, 0.6) is 0 Å². The summed E-state index contributed by atoms with van der Waals surface area (Å²) < 4.78 is 10.7. The van der Waals surface area contributed by atoms with Crippen LogP contribution in [-0.2, 0) is 27.3 Å². The predicted molar refractivity (Wildman–Crippen MR) is 91.6 cm³/mol. The highest BCUT2D eigenvalue weighted by atomic mass is 32.1. The Morgan fingerprint density at radius 3 is 2.57 bits per heavy atom. The molecule has 0 saturated heterocycles. The van der Waals surface area contributed by atoms with Crippen LogP contribution in [0, 0.1) is 0 Å². The first-order valence-electron chi connectivity index (χ1n) is 7.59. The minimum Gasteiger partial charge on any atom is -0.459 e. The molecule has 0 aliphatic heterocycles. The molecule has 0 amide bonds. The fourth-order valence-corrected chi connectivity index (χ4v) is 3.08. The maximum atomic E-state index is 12.6. The van der Waals surface area contributed by atoms with E-state index in [9.17, 15) is 4.79 Å². The zero-order chi connectivity index (χ0) is 16.9. The highest BCUT2D eigenvalue weighted by molar-refractivity contribution is 7.09. The first-order valence-corrected chi connectivity index (χ1v) is 8.47. The molecule has 0 aliphatic rings. The lowest BCUT2D eigenvalue weighted by Gasteiger charge is -2.23. The average molecular weight is 333 g/mol. The molecule has 23 heavy (non-hydrogen) atoms. The number of hydrogen-bond acceptors (Lipinski definition) is 5. The van der Waals surface area contributed by atoms with Gasteiger partial charge in [0.2, 0.25) is 0 Å². The maximum absolute atomic E-state index is 12.6. The van der Waals surface area contributed by atoms with Crippen LogP contribution in [0.4, 0.5) is 0 Å². The number of methoxy groups -OCH3 is 1. The van der Waals surface area contributed by atoms with Crippen LogP contribution in [0.15, 0.2) is 35.7 Å². The van der Waals surface area contributed by atoms with Crippen LogP contribution >= 0.6 is 11.3 Å². The van der Waals surface area contributed by atoms with Crippen LogP contribution in [0.3, 0.4) is 0 Å². The van der Waals surface area contributed by atoms with Crippen LogP contribution < -0.4 is 0 Å². The average Bonchev–Trinajstić information content (AvgIpc) is 2.92. The minimum absolute atomic E-state index is 0.236. The molecule has 4 nitrogen and oxygen atoms in total. The van der Waals surface area contributed by atoms with Crippen molar-refractivity contribution in [2.45, 2.75) is 45.3 Å². The predicted octanol–water partition coefficient (Wildman–Crippen LogP) is 3.96. The van der Waals surface area contributed by atoms with Gasteiger partial charge in [0.1, 0.15) is 16.5 Å². The number of rotatable bonds is 6. The molecule has 0 aliphatic carbocycles. The van der Waals surface area contributed by atoms with E-state index in [1.807, 2.05) is 56.5 Å². The number of thiazole rings is 1.